The van der Waals surface area contributed by atoms with Crippen LogP contribution < -0.4 is 0 Å². The van der Waals surface area contributed by atoms with Crippen molar-refractivity contribution in [3.8, 4) is 0 Å². The van der Waals surface area contributed by atoms with Crippen LogP contribution in [-0.2, 0) is 6.54 Å². The number of hydrogen-bond donors (Lipinski definition) is 1. The molecule has 0 aliphatic carbocycles. The maximum absolute atomic E-state index is 13.1. The Balaban J connectivity index is 2.07. The van der Waals surface area contributed by atoms with Crippen LogP contribution in [0.25, 0.3) is 0 Å². The summed E-state index contributed by atoms with van der Waals surface area (Å²) in [6, 6.07) is 5.12. The van der Waals surface area contributed by atoms with Crippen molar-refractivity contribution >= 4 is 15.9 Å². The molecule has 1 aromatic carbocycles. The Morgan fingerprint density at radius 3 is 2.84 bits per heavy atom. The van der Waals surface area contributed by atoms with E-state index in [0.29, 0.717) is 12.6 Å². The zero-order valence-electron chi connectivity index (χ0n) is 11.3. The molecule has 1 fully saturated rings. The fraction of sp³-hybridized carbons (Fsp3) is 0.571. The molecular formula is C14H20BrFN2O. The van der Waals surface area contributed by atoms with E-state index in [2.05, 4.69) is 25.7 Å². The molecule has 0 saturated carbocycles. The molecule has 5 heteroatoms. The molecule has 1 aliphatic heterocycles. The van der Waals surface area contributed by atoms with Gasteiger partial charge in [0.25, 0.3) is 0 Å². The third kappa shape index (κ3) is 3.99. The second-order valence-corrected chi connectivity index (χ2v) is 6.33. The summed E-state index contributed by atoms with van der Waals surface area (Å²) in [5.74, 6) is -0.234. The Hall–Kier alpha value is -0.490. The van der Waals surface area contributed by atoms with E-state index < -0.39 is 0 Å². The second-order valence-electron chi connectivity index (χ2n) is 5.47. The van der Waals surface area contributed by atoms with Gasteiger partial charge >= 0.3 is 0 Å². The first-order valence-corrected chi connectivity index (χ1v) is 7.26. The van der Waals surface area contributed by atoms with Crippen LogP contribution in [0.4, 0.5) is 4.39 Å². The molecule has 1 aliphatic rings. The monoisotopic (exact) mass is 330 g/mol. The summed E-state index contributed by atoms with van der Waals surface area (Å²) in [4.78, 5) is 4.40. The molecule has 3 nitrogen and oxygen atoms in total. The number of aliphatic hydroxyl groups excluding tert-OH is 1. The summed E-state index contributed by atoms with van der Waals surface area (Å²) < 4.78 is 13.9. The molecule has 19 heavy (non-hydrogen) atoms. The number of halogens is 2. The molecule has 2 unspecified atom stereocenters. The van der Waals surface area contributed by atoms with Crippen molar-refractivity contribution in [2.75, 3.05) is 27.2 Å². The summed E-state index contributed by atoms with van der Waals surface area (Å²) in [6.07, 6.45) is 0.543. The topological polar surface area (TPSA) is 26.7 Å². The number of β-amino-alcohol motifs (C(OH)–C–C–N with tert-alkyl or cyclic N) is 1. The van der Waals surface area contributed by atoms with Gasteiger partial charge in [0.15, 0.2) is 0 Å². The van der Waals surface area contributed by atoms with Crippen LogP contribution in [0.2, 0.25) is 0 Å². The molecule has 0 radical (unpaired) electrons. The number of likely N-dealkylation sites (tertiary alicyclic amines) is 1. The number of rotatable bonds is 4. The van der Waals surface area contributed by atoms with Gasteiger partial charge in [-0.3, -0.25) is 4.90 Å². The third-order valence-electron chi connectivity index (χ3n) is 3.47. The minimum absolute atomic E-state index is 0.234. The van der Waals surface area contributed by atoms with Gasteiger partial charge in [0.2, 0.25) is 0 Å². The van der Waals surface area contributed by atoms with Crippen molar-refractivity contribution in [1.29, 1.82) is 0 Å². The van der Waals surface area contributed by atoms with Crippen LogP contribution in [0.15, 0.2) is 22.7 Å². The highest BCUT2D eigenvalue weighted by Gasteiger charge is 2.31. The smallest absolute Gasteiger partial charge is 0.124 e. The molecule has 2 atom stereocenters. The molecule has 106 valence electrons. The Labute approximate surface area is 122 Å². The number of likely N-dealkylation sites (N-methyl/N-ethyl adjacent to an activating group) is 1. The summed E-state index contributed by atoms with van der Waals surface area (Å²) in [5, 5.41) is 9.84. The minimum Gasteiger partial charge on any atom is -0.392 e. The lowest BCUT2D eigenvalue weighted by Gasteiger charge is -2.27. The highest BCUT2D eigenvalue weighted by atomic mass is 79.9. The van der Waals surface area contributed by atoms with Crippen LogP contribution >= 0.6 is 15.9 Å². The Morgan fingerprint density at radius 1 is 1.47 bits per heavy atom. The Morgan fingerprint density at radius 2 is 2.21 bits per heavy atom. The fourth-order valence-corrected chi connectivity index (χ4v) is 3.11. The van der Waals surface area contributed by atoms with E-state index in [1.54, 1.807) is 6.07 Å². The highest BCUT2D eigenvalue weighted by molar-refractivity contribution is 9.10. The fourth-order valence-electron chi connectivity index (χ4n) is 2.63. The minimum atomic E-state index is -0.260. The summed E-state index contributed by atoms with van der Waals surface area (Å²) in [5.41, 5.74) is 1.05. The normalized spacial score (nSPS) is 24.3. The largest absolute Gasteiger partial charge is 0.392 e. The van der Waals surface area contributed by atoms with E-state index in [0.717, 1.165) is 29.5 Å². The number of aliphatic hydroxyl groups is 1. The predicted molar refractivity (Wildman–Crippen MR) is 77.5 cm³/mol. The van der Waals surface area contributed by atoms with Gasteiger partial charge in [0.05, 0.1) is 6.10 Å². The molecule has 1 aromatic rings. The van der Waals surface area contributed by atoms with Crippen molar-refractivity contribution in [1.82, 2.24) is 9.80 Å². The molecule has 0 bridgehead atoms. The van der Waals surface area contributed by atoms with Crippen molar-refractivity contribution in [3.63, 3.8) is 0 Å². The summed E-state index contributed by atoms with van der Waals surface area (Å²) >= 11 is 3.40. The molecule has 2 rings (SSSR count). The van der Waals surface area contributed by atoms with Crippen molar-refractivity contribution in [3.05, 3.63) is 34.1 Å². The maximum atomic E-state index is 13.1. The molecule has 0 amide bonds. The number of benzene rings is 1. The van der Waals surface area contributed by atoms with Gasteiger partial charge in [-0.1, -0.05) is 22.0 Å². The van der Waals surface area contributed by atoms with Crippen LogP contribution in [0.5, 0.6) is 0 Å². The average molecular weight is 331 g/mol. The zero-order valence-corrected chi connectivity index (χ0v) is 12.9. The molecule has 1 N–H and O–H groups in total. The zero-order chi connectivity index (χ0) is 14.0. The lowest BCUT2D eigenvalue weighted by molar-refractivity contribution is 0.169. The standard InChI is InChI=1S/C14H20BrFN2O/c1-17(2)8-12-6-13(19)9-18(12)7-10-3-4-11(16)5-14(10)15/h3-5,12-13,19H,6-9H2,1-2H3. The van der Waals surface area contributed by atoms with E-state index >= 15 is 0 Å². The first-order chi connectivity index (χ1) is 8.95. The van der Waals surface area contributed by atoms with Gasteiger partial charge in [-0.25, -0.2) is 4.39 Å². The first kappa shape index (κ1) is 14.9. The van der Waals surface area contributed by atoms with Crippen molar-refractivity contribution in [2.45, 2.75) is 25.1 Å². The van der Waals surface area contributed by atoms with Crippen LogP contribution in [0.3, 0.4) is 0 Å². The lowest BCUT2D eigenvalue weighted by atomic mass is 10.1. The summed E-state index contributed by atoms with van der Waals surface area (Å²) in [6.45, 7) is 2.34. The van der Waals surface area contributed by atoms with E-state index in [9.17, 15) is 9.50 Å². The first-order valence-electron chi connectivity index (χ1n) is 6.46. The van der Waals surface area contributed by atoms with E-state index in [1.165, 1.54) is 12.1 Å². The van der Waals surface area contributed by atoms with E-state index in [1.807, 2.05) is 14.1 Å². The summed E-state index contributed by atoms with van der Waals surface area (Å²) in [7, 11) is 4.08. The second kappa shape index (κ2) is 6.31. The molecule has 1 saturated heterocycles. The Kier molecular flexibility index (Phi) is 4.95. The van der Waals surface area contributed by atoms with Gasteiger partial charge in [0, 0.05) is 30.1 Å². The van der Waals surface area contributed by atoms with E-state index in [4.69, 9.17) is 0 Å². The van der Waals surface area contributed by atoms with Crippen LogP contribution in [0.1, 0.15) is 12.0 Å². The van der Waals surface area contributed by atoms with Crippen LogP contribution in [-0.4, -0.2) is 54.2 Å². The van der Waals surface area contributed by atoms with Crippen molar-refractivity contribution < 1.29 is 9.50 Å². The maximum Gasteiger partial charge on any atom is 0.124 e. The molecular weight excluding hydrogens is 311 g/mol. The third-order valence-corrected chi connectivity index (χ3v) is 4.21. The highest BCUT2D eigenvalue weighted by Crippen LogP contribution is 2.25. The van der Waals surface area contributed by atoms with Gasteiger partial charge in [0.1, 0.15) is 5.82 Å². The van der Waals surface area contributed by atoms with Gasteiger partial charge in [-0.15, -0.1) is 0 Å². The molecule has 0 aromatic heterocycles. The van der Waals surface area contributed by atoms with Gasteiger partial charge in [-0.05, 0) is 38.2 Å². The van der Waals surface area contributed by atoms with E-state index in [-0.39, 0.29) is 11.9 Å². The quantitative estimate of drug-likeness (QED) is 0.915. The molecule has 0 spiro atoms. The Bertz CT molecular complexity index is 441. The number of hydrogen-bond acceptors (Lipinski definition) is 3. The average Bonchev–Trinajstić information content (AvgIpc) is 2.62. The number of nitrogens with zero attached hydrogens (tertiary/aromatic N) is 2. The van der Waals surface area contributed by atoms with Crippen molar-refractivity contribution in [2.24, 2.45) is 0 Å². The van der Waals surface area contributed by atoms with Crippen LogP contribution in [0, 0.1) is 5.82 Å². The molecule has 1 heterocycles. The lowest BCUT2D eigenvalue weighted by Crippen LogP contribution is -2.37. The van der Waals surface area contributed by atoms with Gasteiger partial charge in [-0.2, -0.15) is 0 Å². The van der Waals surface area contributed by atoms with Gasteiger partial charge < -0.3 is 10.0 Å². The SMILES string of the molecule is CN(C)CC1CC(O)CN1Cc1ccc(F)cc1Br. The predicted octanol–water partition coefficient (Wildman–Crippen LogP) is 2.08.